The predicted octanol–water partition coefficient (Wildman–Crippen LogP) is 5.71. The Morgan fingerprint density at radius 1 is 1.29 bits per heavy atom. The lowest BCUT2D eigenvalue weighted by Gasteiger charge is -2.27. The summed E-state index contributed by atoms with van der Waals surface area (Å²) < 4.78 is 5.70. The van der Waals surface area contributed by atoms with Gasteiger partial charge in [-0.3, -0.25) is 0 Å². The van der Waals surface area contributed by atoms with Crippen molar-refractivity contribution in [3.63, 3.8) is 0 Å². The first-order valence-electron chi connectivity index (χ1n) is 9.02. The maximum atomic E-state index is 11.8. The number of nitrogens with one attached hydrogen (secondary N) is 2. The van der Waals surface area contributed by atoms with Gasteiger partial charge in [-0.25, -0.2) is 4.79 Å². The van der Waals surface area contributed by atoms with Crippen molar-refractivity contribution in [2.45, 2.75) is 25.3 Å². The van der Waals surface area contributed by atoms with Crippen LogP contribution in [0.4, 0.5) is 5.69 Å². The van der Waals surface area contributed by atoms with Crippen LogP contribution in [0.3, 0.4) is 0 Å². The number of halogens is 1. The van der Waals surface area contributed by atoms with Gasteiger partial charge >= 0.3 is 5.97 Å². The van der Waals surface area contributed by atoms with E-state index in [0.717, 1.165) is 35.0 Å². The molecule has 0 fully saturated rings. The van der Waals surface area contributed by atoms with Gasteiger partial charge in [0.2, 0.25) is 0 Å². The first kappa shape index (κ1) is 19.2. The summed E-state index contributed by atoms with van der Waals surface area (Å²) in [4.78, 5) is 12.3. The van der Waals surface area contributed by atoms with E-state index in [4.69, 9.17) is 28.6 Å². The van der Waals surface area contributed by atoms with Gasteiger partial charge in [-0.05, 0) is 60.8 Å². The molecule has 2 aromatic carbocycles. The molecule has 1 aliphatic carbocycles. The van der Waals surface area contributed by atoms with E-state index in [0.29, 0.717) is 15.0 Å². The summed E-state index contributed by atoms with van der Waals surface area (Å²) in [5.74, 6) is -0.422. The van der Waals surface area contributed by atoms with Gasteiger partial charge in [0, 0.05) is 15.8 Å². The van der Waals surface area contributed by atoms with E-state index in [1.54, 1.807) is 0 Å². The Hall–Kier alpha value is -2.15. The Kier molecular flexibility index (Phi) is 5.53. The summed E-state index contributed by atoms with van der Waals surface area (Å²) in [5.41, 5.74) is 3.56. The molecule has 1 heterocycles. The van der Waals surface area contributed by atoms with Gasteiger partial charge in [-0.2, -0.15) is 0 Å². The summed E-state index contributed by atoms with van der Waals surface area (Å²) >= 11 is 13.2. The third kappa shape index (κ3) is 3.72. The molecule has 4 rings (SSSR count). The summed E-state index contributed by atoms with van der Waals surface area (Å²) in [6, 6.07) is 14.5. The van der Waals surface area contributed by atoms with Crippen LogP contribution in [0.25, 0.3) is 10.1 Å². The number of fused-ring (bicyclic) bond motifs is 2. The zero-order valence-electron chi connectivity index (χ0n) is 15.3. The van der Waals surface area contributed by atoms with Crippen LogP contribution in [-0.4, -0.2) is 18.2 Å². The van der Waals surface area contributed by atoms with E-state index in [9.17, 15) is 4.79 Å². The molecule has 28 heavy (non-hydrogen) atoms. The Balaban J connectivity index is 1.51. The fraction of sp³-hybridized carbons (Fsp3) is 0.238. The lowest BCUT2D eigenvalue weighted by Crippen LogP contribution is -2.34. The monoisotopic (exact) mass is 430 g/mol. The molecule has 0 saturated carbocycles. The highest BCUT2D eigenvalue weighted by Crippen LogP contribution is 2.37. The fourth-order valence-corrected chi connectivity index (χ4v) is 5.32. The van der Waals surface area contributed by atoms with Gasteiger partial charge in [0.15, 0.2) is 5.11 Å². The Bertz CT molecular complexity index is 1060. The topological polar surface area (TPSA) is 50.4 Å². The molecule has 144 valence electrons. The van der Waals surface area contributed by atoms with E-state index in [1.165, 1.54) is 29.6 Å². The predicted molar refractivity (Wildman–Crippen MR) is 120 cm³/mol. The van der Waals surface area contributed by atoms with Crippen LogP contribution in [-0.2, 0) is 11.2 Å². The molecule has 0 spiro atoms. The molecule has 2 N–H and O–H groups in total. The number of methoxy groups -OCH3 is 1. The van der Waals surface area contributed by atoms with Gasteiger partial charge in [0.05, 0.1) is 18.2 Å². The summed E-state index contributed by atoms with van der Waals surface area (Å²) in [7, 11) is 1.35. The normalized spacial score (nSPS) is 15.7. The summed E-state index contributed by atoms with van der Waals surface area (Å²) in [6.45, 7) is 0. The minimum Gasteiger partial charge on any atom is -0.465 e. The van der Waals surface area contributed by atoms with E-state index in [1.807, 2.05) is 18.2 Å². The average molecular weight is 431 g/mol. The third-order valence-corrected chi connectivity index (χ3v) is 6.79. The van der Waals surface area contributed by atoms with Crippen molar-refractivity contribution in [2.24, 2.45) is 0 Å². The molecule has 7 heteroatoms. The van der Waals surface area contributed by atoms with E-state index < -0.39 is 5.97 Å². The number of rotatable bonds is 3. The van der Waals surface area contributed by atoms with E-state index in [2.05, 4.69) is 34.9 Å². The van der Waals surface area contributed by atoms with Crippen LogP contribution in [0.1, 0.15) is 39.7 Å². The number of hydrogen-bond donors (Lipinski definition) is 2. The number of esters is 1. The van der Waals surface area contributed by atoms with Gasteiger partial charge < -0.3 is 15.4 Å². The molecule has 3 aromatic rings. The van der Waals surface area contributed by atoms with Gasteiger partial charge in [0.25, 0.3) is 0 Å². The van der Waals surface area contributed by atoms with Crippen molar-refractivity contribution in [3.8, 4) is 0 Å². The second-order valence-electron chi connectivity index (χ2n) is 6.69. The molecule has 1 aliphatic rings. The average Bonchev–Trinajstić information content (AvgIpc) is 3.03. The smallest absolute Gasteiger partial charge is 0.349 e. The summed E-state index contributed by atoms with van der Waals surface area (Å²) in [5, 5.41) is 8.53. The summed E-state index contributed by atoms with van der Waals surface area (Å²) in [6.07, 6.45) is 3.32. The van der Waals surface area contributed by atoms with Crippen LogP contribution >= 0.6 is 35.2 Å². The number of carbonyl (C=O) groups excluding carboxylic acids is 1. The minimum atomic E-state index is -0.422. The minimum absolute atomic E-state index is 0.218. The number of anilines is 1. The second kappa shape index (κ2) is 8.07. The number of hydrogen-bond acceptors (Lipinski definition) is 4. The Morgan fingerprint density at radius 2 is 2.11 bits per heavy atom. The molecule has 0 aliphatic heterocycles. The zero-order chi connectivity index (χ0) is 19.7. The lowest BCUT2D eigenvalue weighted by molar-refractivity contribution is 0.0606. The third-order valence-electron chi connectivity index (χ3n) is 4.93. The number of benzene rings is 2. The number of carbonyl (C=O) groups is 1. The zero-order valence-corrected chi connectivity index (χ0v) is 17.6. The first-order valence-corrected chi connectivity index (χ1v) is 10.6. The standard InChI is InChI=1S/C21H19ClN2O2S2/c1-26-20(25)19-18(22)15-10-9-13(11-17(15)28-19)23-21(27)24-16-8-4-6-12-5-2-3-7-14(12)16/h2-3,5,7,9-11,16H,4,6,8H2,1H3,(H2,23,24,27)/t16-/m0/s1. The van der Waals surface area contributed by atoms with Crippen molar-refractivity contribution in [3.05, 3.63) is 63.5 Å². The highest BCUT2D eigenvalue weighted by atomic mass is 35.5. The molecule has 1 aromatic heterocycles. The van der Waals surface area contributed by atoms with Crippen molar-refractivity contribution < 1.29 is 9.53 Å². The number of thiocarbonyl (C=S) groups is 1. The number of thiophene rings is 1. The molecule has 1 atom stereocenters. The number of aryl methyl sites for hydroxylation is 1. The fourth-order valence-electron chi connectivity index (χ4n) is 3.60. The van der Waals surface area contributed by atoms with Crippen molar-refractivity contribution in [2.75, 3.05) is 12.4 Å². The van der Waals surface area contributed by atoms with Crippen molar-refractivity contribution in [1.82, 2.24) is 5.32 Å². The Morgan fingerprint density at radius 3 is 2.93 bits per heavy atom. The van der Waals surface area contributed by atoms with Crippen LogP contribution in [0.2, 0.25) is 5.02 Å². The molecule has 0 bridgehead atoms. The van der Waals surface area contributed by atoms with E-state index >= 15 is 0 Å². The van der Waals surface area contributed by atoms with Crippen LogP contribution in [0.15, 0.2) is 42.5 Å². The molecular weight excluding hydrogens is 412 g/mol. The van der Waals surface area contributed by atoms with E-state index in [-0.39, 0.29) is 6.04 Å². The maximum Gasteiger partial charge on any atom is 0.349 e. The molecule has 0 radical (unpaired) electrons. The molecule has 0 saturated heterocycles. The maximum absolute atomic E-state index is 11.8. The van der Waals surface area contributed by atoms with Crippen LogP contribution in [0, 0.1) is 0 Å². The van der Waals surface area contributed by atoms with Crippen molar-refractivity contribution in [1.29, 1.82) is 0 Å². The highest BCUT2D eigenvalue weighted by Gasteiger charge is 2.21. The Labute approximate surface area is 177 Å². The first-order chi connectivity index (χ1) is 13.6. The SMILES string of the molecule is COC(=O)c1sc2cc(NC(=S)N[C@H]3CCCc4ccccc43)ccc2c1Cl. The largest absolute Gasteiger partial charge is 0.465 e. The molecule has 0 unspecified atom stereocenters. The molecule has 4 nitrogen and oxygen atoms in total. The van der Waals surface area contributed by atoms with Crippen LogP contribution in [0.5, 0.6) is 0 Å². The second-order valence-corrected chi connectivity index (χ2v) is 8.53. The quantitative estimate of drug-likeness (QED) is 0.412. The van der Waals surface area contributed by atoms with Gasteiger partial charge in [-0.1, -0.05) is 35.9 Å². The number of ether oxygens (including phenoxy) is 1. The van der Waals surface area contributed by atoms with Crippen molar-refractivity contribution >= 4 is 62.0 Å². The molecule has 0 amide bonds. The van der Waals surface area contributed by atoms with Crippen LogP contribution < -0.4 is 10.6 Å². The van der Waals surface area contributed by atoms with Gasteiger partial charge in [-0.15, -0.1) is 11.3 Å². The lowest BCUT2D eigenvalue weighted by atomic mass is 9.88. The van der Waals surface area contributed by atoms with Gasteiger partial charge in [0.1, 0.15) is 4.88 Å². The molecular formula is C21H19ClN2O2S2. The highest BCUT2D eigenvalue weighted by molar-refractivity contribution is 7.80.